The lowest BCUT2D eigenvalue weighted by Crippen LogP contribution is -2.62. The molecule has 13 heteroatoms. The maximum Gasteiger partial charge on any atom is 0.190 e. The fourth-order valence-corrected chi connectivity index (χ4v) is 21.5. The molecule has 12 aliphatic rings. The fraction of sp³-hybridized carbons (Fsp3) is 0.794. The number of rotatable bonds is 6. The van der Waals surface area contributed by atoms with Crippen LogP contribution in [0.3, 0.4) is 0 Å². The van der Waals surface area contributed by atoms with Crippen LogP contribution in [0.5, 0.6) is 0 Å². The Bertz CT molecular complexity index is 2560. The van der Waals surface area contributed by atoms with Crippen molar-refractivity contribution in [2.75, 3.05) is 19.8 Å². The Balaban J connectivity index is 0.000000130. The second kappa shape index (κ2) is 19.4. The Morgan fingerprint density at radius 1 is 0.500 bits per heavy atom. The van der Waals surface area contributed by atoms with Gasteiger partial charge in [-0.15, -0.1) is 0 Å². The molecule has 0 spiro atoms. The maximum absolute atomic E-state index is 13.3. The molecular weight excluding hydrogens is 965 g/mol. The van der Waals surface area contributed by atoms with Gasteiger partial charge in [0.2, 0.25) is 0 Å². The first-order valence-electron chi connectivity index (χ1n) is 29.5. The smallest absolute Gasteiger partial charge is 0.190 e. The standard InChI is InChI=1S/C21H30O5.C21H28O5.C21H30O3/c2*1-19-7-5-13(23)9-12(19)3-4-14-15-6-8-21(26,17(25)11-22)20(15,2)10-16(24)18(14)19;1-20-9-7-14(23)11-13(20)3-4-15-16-5-6-18(19(24)12-22)21(16,2)10-8-17(15)20/h9,14-16,18,22,24,26H,3-8,10-11H2,1-2H3;9,14-15,18,22,26H,3-8,10-11H2,1-2H3;11,15-18,22H,3-10,12H2,1-2H3/t14-,15-,16-,18+,19-,20-,21-;14-,15-,18+,19-,20-,21-;15-,16-,17-,18+,20-,21-/m000/s1. The fourth-order valence-electron chi connectivity index (χ4n) is 21.5. The van der Waals surface area contributed by atoms with Crippen LogP contribution in [0.15, 0.2) is 34.9 Å². The molecule has 0 unspecified atom stereocenters. The molecule has 13 nitrogen and oxygen atoms in total. The number of hydrogen-bond donors (Lipinski definition) is 6. The van der Waals surface area contributed by atoms with Gasteiger partial charge in [0.15, 0.2) is 34.7 Å². The summed E-state index contributed by atoms with van der Waals surface area (Å²) in [5.74, 6) is 2.39. The summed E-state index contributed by atoms with van der Waals surface area (Å²) in [5, 5.41) is 61.6. The number of aliphatic hydroxyl groups excluding tert-OH is 4. The van der Waals surface area contributed by atoms with Crippen LogP contribution in [-0.2, 0) is 33.6 Å². The SMILES string of the molecule is C[C@]12CCC(=O)C=C1CC[C@@H]1[C@@H]2C(=O)C[C@@]2(C)[C@H]1CC[C@]2(O)C(=O)CO.C[C@]12CCC(=O)C=C1CC[C@@H]1[C@@H]2[C@@H](O)C[C@@]2(C)[C@H]1CC[C@]2(O)C(=O)CO.C[C@]12CC[C@H]3[C@@H](CCC4=CC(=O)CC[C@@]43C)[C@@H]1CC[C@@H]2C(=O)CO. The average molecular weight is 1050 g/mol. The van der Waals surface area contributed by atoms with E-state index < -0.39 is 52.9 Å². The molecule has 12 aliphatic carbocycles. The van der Waals surface area contributed by atoms with Crippen molar-refractivity contribution < 1.29 is 64.2 Å². The van der Waals surface area contributed by atoms with E-state index in [4.69, 9.17) is 0 Å². The van der Waals surface area contributed by atoms with Crippen LogP contribution in [0.25, 0.3) is 0 Å². The van der Waals surface area contributed by atoms with Crippen molar-refractivity contribution in [3.05, 3.63) is 34.9 Å². The first-order chi connectivity index (χ1) is 35.7. The molecule has 6 N–H and O–H groups in total. The minimum atomic E-state index is -1.60. The summed E-state index contributed by atoms with van der Waals surface area (Å²) in [4.78, 5) is 85.9. The molecule has 9 fully saturated rings. The predicted molar refractivity (Wildman–Crippen MR) is 282 cm³/mol. The van der Waals surface area contributed by atoms with Crippen molar-refractivity contribution in [2.24, 2.45) is 91.7 Å². The van der Waals surface area contributed by atoms with Crippen molar-refractivity contribution in [2.45, 2.75) is 200 Å². The maximum atomic E-state index is 13.3. The second-order valence-electron chi connectivity index (χ2n) is 28.2. The molecule has 0 saturated heterocycles. The highest BCUT2D eigenvalue weighted by Crippen LogP contribution is 2.70. The Hall–Kier alpha value is -3.33. The minimum absolute atomic E-state index is 0.0596. The van der Waals surface area contributed by atoms with Gasteiger partial charge in [-0.2, -0.15) is 0 Å². The highest BCUT2D eigenvalue weighted by atomic mass is 16.3. The highest BCUT2D eigenvalue weighted by Gasteiger charge is 2.70. The molecule has 9 saturated carbocycles. The number of Topliss-reactive ketones (excluding diaryl/α,β-unsaturated/α-hetero) is 4. The number of allylic oxidation sites excluding steroid dienone is 3. The quantitative estimate of drug-likeness (QED) is 0.152. The van der Waals surface area contributed by atoms with Crippen LogP contribution >= 0.6 is 0 Å². The second-order valence-corrected chi connectivity index (χ2v) is 28.2. The van der Waals surface area contributed by atoms with Crippen LogP contribution in [0.1, 0.15) is 183 Å². The zero-order valence-corrected chi connectivity index (χ0v) is 46.3. The average Bonchev–Trinajstić information content (AvgIpc) is 4.03. The number of fused-ring (bicyclic) bond motifs is 15. The van der Waals surface area contributed by atoms with Gasteiger partial charge in [-0.3, -0.25) is 33.6 Å². The molecular formula is C63H88O13. The van der Waals surface area contributed by atoms with Crippen LogP contribution in [0.4, 0.5) is 0 Å². The molecule has 0 heterocycles. The van der Waals surface area contributed by atoms with Gasteiger partial charge in [0, 0.05) is 48.3 Å². The summed E-state index contributed by atoms with van der Waals surface area (Å²) in [7, 11) is 0. The van der Waals surface area contributed by atoms with Gasteiger partial charge in [0.05, 0.1) is 6.10 Å². The first kappa shape index (κ1) is 56.0. The van der Waals surface area contributed by atoms with E-state index in [2.05, 4.69) is 27.7 Å². The summed E-state index contributed by atoms with van der Waals surface area (Å²) in [6, 6.07) is 0. The van der Waals surface area contributed by atoms with E-state index in [0.717, 1.165) is 76.2 Å². The predicted octanol–water partition coefficient (Wildman–Crippen LogP) is 7.47. The van der Waals surface area contributed by atoms with E-state index >= 15 is 0 Å². The zero-order valence-electron chi connectivity index (χ0n) is 46.3. The Morgan fingerprint density at radius 2 is 0.974 bits per heavy atom. The Labute approximate surface area is 449 Å². The van der Waals surface area contributed by atoms with Crippen LogP contribution < -0.4 is 0 Å². The van der Waals surface area contributed by atoms with Crippen molar-refractivity contribution in [3.63, 3.8) is 0 Å². The van der Waals surface area contributed by atoms with Gasteiger partial charge in [0.25, 0.3) is 0 Å². The van der Waals surface area contributed by atoms with Gasteiger partial charge in [-0.1, -0.05) is 58.3 Å². The van der Waals surface area contributed by atoms with Gasteiger partial charge in [0.1, 0.15) is 36.8 Å². The lowest BCUT2D eigenvalue weighted by Gasteiger charge is -2.60. The van der Waals surface area contributed by atoms with E-state index in [0.29, 0.717) is 74.9 Å². The van der Waals surface area contributed by atoms with Crippen molar-refractivity contribution >= 4 is 40.5 Å². The van der Waals surface area contributed by atoms with E-state index in [1.165, 1.54) is 24.0 Å². The number of hydrogen-bond acceptors (Lipinski definition) is 13. The number of carbonyl (C=O) groups excluding carboxylic acids is 7. The van der Waals surface area contributed by atoms with Gasteiger partial charge in [-0.25, -0.2) is 0 Å². The molecule has 0 aromatic carbocycles. The van der Waals surface area contributed by atoms with E-state index in [-0.39, 0.29) is 99.2 Å². The first-order valence-corrected chi connectivity index (χ1v) is 29.5. The monoisotopic (exact) mass is 1050 g/mol. The summed E-state index contributed by atoms with van der Waals surface area (Å²) in [6.45, 7) is 11.2. The summed E-state index contributed by atoms with van der Waals surface area (Å²) < 4.78 is 0. The van der Waals surface area contributed by atoms with E-state index in [9.17, 15) is 64.2 Å². The van der Waals surface area contributed by atoms with Crippen LogP contribution in [0.2, 0.25) is 0 Å². The van der Waals surface area contributed by atoms with Gasteiger partial charge in [-0.05, 0) is 203 Å². The Morgan fingerprint density at radius 3 is 1.54 bits per heavy atom. The molecule has 76 heavy (non-hydrogen) atoms. The molecule has 0 bridgehead atoms. The van der Waals surface area contributed by atoms with Crippen LogP contribution in [0, 0.1) is 91.7 Å². The van der Waals surface area contributed by atoms with E-state index in [1.54, 1.807) is 12.2 Å². The molecule has 418 valence electrons. The number of ketones is 7. The van der Waals surface area contributed by atoms with Gasteiger partial charge >= 0.3 is 0 Å². The van der Waals surface area contributed by atoms with Crippen molar-refractivity contribution in [3.8, 4) is 0 Å². The Kier molecular flexibility index (Phi) is 14.3. The third-order valence-corrected chi connectivity index (χ3v) is 25.6. The summed E-state index contributed by atoms with van der Waals surface area (Å²) >= 11 is 0. The largest absolute Gasteiger partial charge is 0.393 e. The lowest BCUT2D eigenvalue weighted by molar-refractivity contribution is -0.182. The molecule has 0 aliphatic heterocycles. The molecule has 0 aromatic heterocycles. The molecule has 0 radical (unpaired) electrons. The molecule has 12 rings (SSSR count). The highest BCUT2D eigenvalue weighted by molar-refractivity contribution is 5.95. The summed E-state index contributed by atoms with van der Waals surface area (Å²) in [6.07, 6.45) is 21.9. The molecule has 0 aromatic rings. The lowest BCUT2D eigenvalue weighted by atomic mass is 9.45. The third kappa shape index (κ3) is 8.03. The third-order valence-electron chi connectivity index (χ3n) is 25.6. The number of aliphatic hydroxyl groups is 6. The zero-order chi connectivity index (χ0) is 54.9. The molecule has 0 amide bonds. The van der Waals surface area contributed by atoms with Crippen molar-refractivity contribution in [1.82, 2.24) is 0 Å². The minimum Gasteiger partial charge on any atom is -0.393 e. The van der Waals surface area contributed by atoms with Gasteiger partial charge < -0.3 is 30.6 Å². The molecule has 19 atom stereocenters. The summed E-state index contributed by atoms with van der Waals surface area (Å²) in [5.41, 5.74) is -1.09. The van der Waals surface area contributed by atoms with Crippen molar-refractivity contribution in [1.29, 1.82) is 0 Å². The number of carbonyl (C=O) groups is 7. The normalized spacial score (nSPS) is 48.6. The topological polar surface area (TPSA) is 241 Å². The van der Waals surface area contributed by atoms with Crippen LogP contribution in [-0.4, -0.2) is 108 Å². The van der Waals surface area contributed by atoms with E-state index in [1.807, 2.05) is 19.9 Å².